The Morgan fingerprint density at radius 1 is 1.06 bits per heavy atom. The summed E-state index contributed by atoms with van der Waals surface area (Å²) in [6.07, 6.45) is 0. The summed E-state index contributed by atoms with van der Waals surface area (Å²) in [5.74, 6) is 1.29. The summed E-state index contributed by atoms with van der Waals surface area (Å²) in [4.78, 5) is 11.2. The molecule has 0 amide bonds. The average molecular weight is 495 g/mol. The second-order valence-corrected chi connectivity index (χ2v) is 8.82. The summed E-state index contributed by atoms with van der Waals surface area (Å²) >= 11 is 1.26. The fraction of sp³-hybridized carbons (Fsp3) is 0.200. The van der Waals surface area contributed by atoms with Gasteiger partial charge in [0, 0.05) is 10.6 Å². The third-order valence-corrected chi connectivity index (χ3v) is 6.42. The van der Waals surface area contributed by atoms with Crippen molar-refractivity contribution in [1.82, 2.24) is 14.8 Å². The van der Waals surface area contributed by atoms with Gasteiger partial charge >= 0.3 is 0 Å². The van der Waals surface area contributed by atoms with Crippen LogP contribution < -0.4 is 9.47 Å². The van der Waals surface area contributed by atoms with Crippen LogP contribution in [0, 0.1) is 22.9 Å². The zero-order valence-corrected chi connectivity index (χ0v) is 19.9. The summed E-state index contributed by atoms with van der Waals surface area (Å²) in [7, 11) is 1.51. The van der Waals surface area contributed by atoms with Gasteiger partial charge in [-0.2, -0.15) is 0 Å². The number of hydrogen-bond acceptors (Lipinski definition) is 7. The van der Waals surface area contributed by atoms with Crippen LogP contribution in [0.2, 0.25) is 0 Å². The third-order valence-electron chi connectivity index (χ3n) is 5.24. The number of ether oxygens (including phenoxy) is 2. The summed E-state index contributed by atoms with van der Waals surface area (Å²) in [6.45, 7) is 1.75. The van der Waals surface area contributed by atoms with E-state index in [9.17, 15) is 14.5 Å². The molecule has 0 saturated carbocycles. The topological polar surface area (TPSA) is 92.3 Å². The van der Waals surface area contributed by atoms with Crippen molar-refractivity contribution in [2.75, 3.05) is 13.7 Å². The lowest BCUT2D eigenvalue weighted by atomic mass is 10.1. The van der Waals surface area contributed by atoms with Crippen LogP contribution in [0.4, 0.5) is 4.39 Å². The van der Waals surface area contributed by atoms with Crippen molar-refractivity contribution in [3.63, 3.8) is 0 Å². The van der Waals surface area contributed by atoms with Crippen molar-refractivity contribution >= 4 is 11.8 Å². The molecule has 3 aromatic carbocycles. The lowest BCUT2D eigenvalue weighted by molar-refractivity contribution is -0.479. The average Bonchev–Trinajstić information content (AvgIpc) is 3.23. The van der Waals surface area contributed by atoms with Crippen LogP contribution in [-0.4, -0.2) is 33.3 Å². The molecule has 1 atom stereocenters. The highest BCUT2D eigenvalue weighted by molar-refractivity contribution is 7.99. The Balaban J connectivity index is 1.59. The van der Waals surface area contributed by atoms with Crippen molar-refractivity contribution in [1.29, 1.82) is 0 Å². The minimum absolute atomic E-state index is 0.225. The molecule has 4 aromatic rings. The molecule has 4 rings (SSSR count). The smallest absolute Gasteiger partial charge is 0.220 e. The molecule has 1 heterocycles. The lowest BCUT2D eigenvalue weighted by Crippen LogP contribution is -2.11. The number of hydrogen-bond donors (Lipinski definition) is 0. The number of benzene rings is 3. The van der Waals surface area contributed by atoms with Gasteiger partial charge in [0.1, 0.15) is 23.5 Å². The maximum atomic E-state index is 13.1. The van der Waals surface area contributed by atoms with Crippen molar-refractivity contribution in [2.24, 2.45) is 0 Å². The van der Waals surface area contributed by atoms with Gasteiger partial charge in [0.15, 0.2) is 16.7 Å². The van der Waals surface area contributed by atoms with E-state index in [0.717, 1.165) is 11.3 Å². The van der Waals surface area contributed by atoms with Gasteiger partial charge in [0.2, 0.25) is 6.54 Å². The van der Waals surface area contributed by atoms with Crippen LogP contribution in [0.3, 0.4) is 0 Å². The van der Waals surface area contributed by atoms with E-state index in [1.807, 2.05) is 41.8 Å². The predicted molar refractivity (Wildman–Crippen MR) is 130 cm³/mol. The number of aromatic nitrogens is 3. The molecule has 10 heteroatoms. The van der Waals surface area contributed by atoms with Gasteiger partial charge in [0.25, 0.3) is 0 Å². The van der Waals surface area contributed by atoms with Crippen LogP contribution in [-0.2, 0) is 6.61 Å². The quantitative estimate of drug-likeness (QED) is 0.165. The minimum atomic E-state index is -0.545. The molecule has 0 aliphatic heterocycles. The fourth-order valence-electron chi connectivity index (χ4n) is 3.51. The monoisotopic (exact) mass is 494 g/mol. The summed E-state index contributed by atoms with van der Waals surface area (Å²) in [5.41, 5.74) is 2.37. The zero-order valence-electron chi connectivity index (χ0n) is 19.1. The van der Waals surface area contributed by atoms with E-state index in [4.69, 9.17) is 9.47 Å². The second-order valence-electron chi connectivity index (χ2n) is 7.65. The summed E-state index contributed by atoms with van der Waals surface area (Å²) in [5, 5.41) is 20.0. The molecule has 0 bridgehead atoms. The Morgan fingerprint density at radius 3 is 2.49 bits per heavy atom. The van der Waals surface area contributed by atoms with Crippen molar-refractivity contribution in [2.45, 2.75) is 23.9 Å². The van der Waals surface area contributed by atoms with Crippen LogP contribution >= 0.6 is 11.8 Å². The Hall–Kier alpha value is -3.92. The number of aryl methyl sites for hydroxylation is 1. The molecule has 180 valence electrons. The molecule has 0 radical (unpaired) electrons. The largest absolute Gasteiger partial charge is 0.493 e. The van der Waals surface area contributed by atoms with E-state index in [1.54, 1.807) is 30.3 Å². The Bertz CT molecular complexity index is 1300. The predicted octanol–water partition coefficient (Wildman–Crippen LogP) is 5.41. The van der Waals surface area contributed by atoms with Gasteiger partial charge < -0.3 is 9.47 Å². The van der Waals surface area contributed by atoms with Gasteiger partial charge in [-0.15, -0.1) is 10.2 Å². The van der Waals surface area contributed by atoms with E-state index < -0.39 is 5.25 Å². The highest BCUT2D eigenvalue weighted by atomic mass is 32.2. The van der Waals surface area contributed by atoms with E-state index in [-0.39, 0.29) is 23.9 Å². The Morgan fingerprint density at radius 2 is 1.80 bits per heavy atom. The van der Waals surface area contributed by atoms with Crippen LogP contribution in [0.25, 0.3) is 5.69 Å². The van der Waals surface area contributed by atoms with Crippen LogP contribution in [0.15, 0.2) is 78.0 Å². The summed E-state index contributed by atoms with van der Waals surface area (Å²) in [6, 6.07) is 20.9. The molecule has 0 aliphatic rings. The fourth-order valence-corrected chi connectivity index (χ4v) is 4.68. The first-order valence-electron chi connectivity index (χ1n) is 10.8. The SMILES string of the molecule is COc1cc([C@H](C[N+](=O)[O-])Sc2nnc(C)n2-c2ccccc2)ccc1OCc1ccc(F)cc1. The summed E-state index contributed by atoms with van der Waals surface area (Å²) < 4.78 is 26.4. The number of nitro groups is 1. The molecule has 1 aromatic heterocycles. The maximum absolute atomic E-state index is 13.1. The first-order chi connectivity index (χ1) is 16.9. The highest BCUT2D eigenvalue weighted by Crippen LogP contribution is 2.39. The van der Waals surface area contributed by atoms with Crippen molar-refractivity contribution in [3.8, 4) is 17.2 Å². The van der Waals surface area contributed by atoms with Gasteiger partial charge in [-0.25, -0.2) is 4.39 Å². The van der Waals surface area contributed by atoms with Gasteiger partial charge in [-0.3, -0.25) is 14.7 Å². The molecule has 0 spiro atoms. The molecule has 0 unspecified atom stereocenters. The molecule has 8 nitrogen and oxygen atoms in total. The van der Waals surface area contributed by atoms with Gasteiger partial charge in [0.05, 0.1) is 7.11 Å². The highest BCUT2D eigenvalue weighted by Gasteiger charge is 2.25. The Kier molecular flexibility index (Phi) is 7.61. The first-order valence-corrected chi connectivity index (χ1v) is 11.6. The molecule has 0 saturated heterocycles. The molecule has 0 N–H and O–H groups in total. The van der Waals surface area contributed by atoms with Crippen molar-refractivity contribution < 1.29 is 18.8 Å². The van der Waals surface area contributed by atoms with Gasteiger partial charge in [-0.1, -0.05) is 48.2 Å². The molecular weight excluding hydrogens is 471 g/mol. The number of thioether (sulfide) groups is 1. The zero-order chi connectivity index (χ0) is 24.8. The van der Waals surface area contributed by atoms with E-state index in [1.165, 1.54) is 31.0 Å². The minimum Gasteiger partial charge on any atom is -0.493 e. The third kappa shape index (κ3) is 5.96. The molecule has 0 fully saturated rings. The van der Waals surface area contributed by atoms with Crippen LogP contribution in [0.1, 0.15) is 22.2 Å². The normalized spacial score (nSPS) is 11.7. The van der Waals surface area contributed by atoms with Gasteiger partial charge in [-0.05, 0) is 54.4 Å². The maximum Gasteiger partial charge on any atom is 0.220 e. The van der Waals surface area contributed by atoms with E-state index in [0.29, 0.717) is 28.0 Å². The number of nitrogens with zero attached hydrogens (tertiary/aromatic N) is 4. The Labute approximate surface area is 205 Å². The number of methoxy groups -OCH3 is 1. The second kappa shape index (κ2) is 11.0. The van der Waals surface area contributed by atoms with Crippen LogP contribution in [0.5, 0.6) is 11.5 Å². The van der Waals surface area contributed by atoms with E-state index in [2.05, 4.69) is 10.2 Å². The lowest BCUT2D eigenvalue weighted by Gasteiger charge is -2.17. The first kappa shape index (κ1) is 24.2. The number of halogens is 1. The molecular formula is C25H23FN4O4S. The molecule has 0 aliphatic carbocycles. The standard InChI is InChI=1S/C25H23FN4O4S/c1-17-27-28-25(30(17)21-6-4-3-5-7-21)35-24(15-29(31)32)19-10-13-22(23(14-19)33-2)34-16-18-8-11-20(26)12-9-18/h3-14,24H,15-16H2,1-2H3/t24-/m0/s1. The number of para-hydroxylation sites is 1. The molecule has 35 heavy (non-hydrogen) atoms. The van der Waals surface area contributed by atoms with Crippen molar-refractivity contribution in [3.05, 3.63) is 106 Å². The number of rotatable bonds is 10. The van der Waals surface area contributed by atoms with E-state index >= 15 is 0 Å².